The fourth-order valence-electron chi connectivity index (χ4n) is 2.59. The molecule has 0 aromatic heterocycles. The van der Waals surface area contributed by atoms with Crippen molar-refractivity contribution in [2.45, 2.75) is 44.9 Å². The largest absolute Gasteiger partial charge is 0.425 e. The van der Waals surface area contributed by atoms with Crippen LogP contribution in [-0.2, 0) is 9.53 Å². The van der Waals surface area contributed by atoms with E-state index in [0.717, 1.165) is 0 Å². The van der Waals surface area contributed by atoms with Crippen LogP contribution in [0.4, 0.5) is 0 Å². The first-order valence-corrected chi connectivity index (χ1v) is 7.18. The number of carbonyl (C=O) groups excluding carboxylic acids is 1. The van der Waals surface area contributed by atoms with Crippen LogP contribution in [0.15, 0.2) is 24.3 Å². The van der Waals surface area contributed by atoms with Crippen LogP contribution in [0.1, 0.15) is 50.5 Å². The van der Waals surface area contributed by atoms with Crippen molar-refractivity contribution in [2.75, 3.05) is 13.2 Å². The molecule has 0 N–H and O–H groups in total. The molecule has 1 saturated carbocycles. The van der Waals surface area contributed by atoms with E-state index in [4.69, 9.17) is 9.47 Å². The molecule has 104 valence electrons. The van der Waals surface area contributed by atoms with Crippen molar-refractivity contribution in [3.63, 3.8) is 0 Å². The van der Waals surface area contributed by atoms with Gasteiger partial charge in [0, 0.05) is 6.61 Å². The van der Waals surface area contributed by atoms with Crippen LogP contribution in [0, 0.1) is 0 Å². The van der Waals surface area contributed by atoms with Crippen LogP contribution in [0.25, 0.3) is 0 Å². The van der Waals surface area contributed by atoms with Gasteiger partial charge in [0.05, 0.1) is 0 Å². The number of carbonyl (C=O) groups is 1. The van der Waals surface area contributed by atoms with Crippen molar-refractivity contribution in [1.29, 1.82) is 0 Å². The van der Waals surface area contributed by atoms with E-state index in [2.05, 4.69) is 12.1 Å². The second-order valence-corrected chi connectivity index (χ2v) is 5.02. The summed E-state index contributed by atoms with van der Waals surface area (Å²) >= 11 is 0. The zero-order valence-corrected chi connectivity index (χ0v) is 11.6. The average Bonchev–Trinajstić information content (AvgIpc) is 2.47. The molecule has 19 heavy (non-hydrogen) atoms. The van der Waals surface area contributed by atoms with Gasteiger partial charge in [0.25, 0.3) is 0 Å². The summed E-state index contributed by atoms with van der Waals surface area (Å²) in [5, 5.41) is 0. The Balaban J connectivity index is 1.88. The molecule has 0 unspecified atom stereocenters. The van der Waals surface area contributed by atoms with Gasteiger partial charge in [-0.25, -0.2) is 4.79 Å². The summed E-state index contributed by atoms with van der Waals surface area (Å²) in [4.78, 5) is 11.4. The molecule has 3 heteroatoms. The molecule has 1 aliphatic carbocycles. The van der Waals surface area contributed by atoms with Gasteiger partial charge >= 0.3 is 5.97 Å². The number of hydrogen-bond donors (Lipinski definition) is 0. The van der Waals surface area contributed by atoms with Gasteiger partial charge in [-0.3, -0.25) is 0 Å². The minimum Gasteiger partial charge on any atom is -0.425 e. The van der Waals surface area contributed by atoms with Crippen molar-refractivity contribution >= 4 is 5.97 Å². The molecule has 0 spiro atoms. The first kappa shape index (κ1) is 14.1. The highest BCUT2D eigenvalue weighted by atomic mass is 16.6. The van der Waals surface area contributed by atoms with E-state index in [-0.39, 0.29) is 12.6 Å². The molecule has 1 aromatic carbocycles. The lowest BCUT2D eigenvalue weighted by Gasteiger charge is -2.22. The molecule has 3 nitrogen and oxygen atoms in total. The van der Waals surface area contributed by atoms with E-state index in [0.29, 0.717) is 18.3 Å². The Morgan fingerprint density at radius 2 is 1.84 bits per heavy atom. The van der Waals surface area contributed by atoms with E-state index in [1.54, 1.807) is 0 Å². The Bertz CT molecular complexity index is 391. The summed E-state index contributed by atoms with van der Waals surface area (Å²) in [5.41, 5.74) is 1.37. The summed E-state index contributed by atoms with van der Waals surface area (Å²) in [6.07, 6.45) is 6.59. The molecule has 0 aliphatic heterocycles. The van der Waals surface area contributed by atoms with Gasteiger partial charge in [0.2, 0.25) is 0 Å². The predicted molar refractivity (Wildman–Crippen MR) is 74.4 cm³/mol. The van der Waals surface area contributed by atoms with Crippen LogP contribution in [0.2, 0.25) is 0 Å². The Kier molecular flexibility index (Phi) is 5.40. The molecule has 0 bridgehead atoms. The van der Waals surface area contributed by atoms with Crippen LogP contribution in [-0.4, -0.2) is 19.2 Å². The van der Waals surface area contributed by atoms with Crippen LogP contribution < -0.4 is 4.74 Å². The SMILES string of the molecule is CCOCC(=O)Oc1ccc(C2CCCCC2)cc1. The topological polar surface area (TPSA) is 35.5 Å². The lowest BCUT2D eigenvalue weighted by molar-refractivity contribution is -0.139. The molecule has 2 rings (SSSR count). The molecular weight excluding hydrogens is 240 g/mol. The first-order valence-electron chi connectivity index (χ1n) is 7.18. The molecule has 0 radical (unpaired) electrons. The van der Waals surface area contributed by atoms with Crippen molar-refractivity contribution in [1.82, 2.24) is 0 Å². The number of rotatable bonds is 5. The molecule has 0 heterocycles. The maximum atomic E-state index is 11.4. The Morgan fingerprint density at radius 1 is 1.16 bits per heavy atom. The first-order chi connectivity index (χ1) is 9.29. The standard InChI is InChI=1S/C16H22O3/c1-2-18-12-16(17)19-15-10-8-14(9-11-15)13-6-4-3-5-7-13/h8-11,13H,2-7,12H2,1H3. The smallest absolute Gasteiger partial charge is 0.337 e. The van der Waals surface area contributed by atoms with Crippen molar-refractivity contribution in [3.8, 4) is 5.75 Å². The van der Waals surface area contributed by atoms with Gasteiger partial charge in [0.1, 0.15) is 12.4 Å². The molecule has 1 aromatic rings. The minimum atomic E-state index is -0.340. The lowest BCUT2D eigenvalue weighted by Crippen LogP contribution is -2.15. The quantitative estimate of drug-likeness (QED) is 0.600. The summed E-state index contributed by atoms with van der Waals surface area (Å²) in [7, 11) is 0. The monoisotopic (exact) mass is 262 g/mol. The number of benzene rings is 1. The molecular formula is C16H22O3. The fraction of sp³-hybridized carbons (Fsp3) is 0.562. The zero-order valence-electron chi connectivity index (χ0n) is 11.6. The second kappa shape index (κ2) is 7.29. The maximum Gasteiger partial charge on any atom is 0.337 e. The van der Waals surface area contributed by atoms with Crippen LogP contribution in [0.5, 0.6) is 5.75 Å². The highest BCUT2D eigenvalue weighted by molar-refractivity contribution is 5.73. The summed E-state index contributed by atoms with van der Waals surface area (Å²) in [6, 6.07) is 7.93. The van der Waals surface area contributed by atoms with Crippen LogP contribution in [0.3, 0.4) is 0 Å². The Labute approximate surface area is 114 Å². The highest BCUT2D eigenvalue weighted by Crippen LogP contribution is 2.33. The zero-order chi connectivity index (χ0) is 13.5. The lowest BCUT2D eigenvalue weighted by atomic mass is 9.84. The average molecular weight is 262 g/mol. The molecule has 1 fully saturated rings. The Morgan fingerprint density at radius 3 is 2.47 bits per heavy atom. The number of hydrogen-bond acceptors (Lipinski definition) is 3. The van der Waals surface area contributed by atoms with Gasteiger partial charge in [-0.05, 0) is 43.4 Å². The molecule has 0 saturated heterocycles. The molecule has 0 amide bonds. The summed E-state index contributed by atoms with van der Waals surface area (Å²) < 4.78 is 10.2. The van der Waals surface area contributed by atoms with Crippen molar-refractivity contribution in [3.05, 3.63) is 29.8 Å². The fourth-order valence-corrected chi connectivity index (χ4v) is 2.59. The molecule has 1 aliphatic rings. The highest BCUT2D eigenvalue weighted by Gasteiger charge is 2.15. The molecule has 0 atom stereocenters. The third-order valence-electron chi connectivity index (χ3n) is 3.61. The van der Waals surface area contributed by atoms with Gasteiger partial charge in [0.15, 0.2) is 0 Å². The third-order valence-corrected chi connectivity index (χ3v) is 3.61. The van der Waals surface area contributed by atoms with Crippen molar-refractivity contribution < 1.29 is 14.3 Å². The summed E-state index contributed by atoms with van der Waals surface area (Å²) in [6.45, 7) is 2.39. The van der Waals surface area contributed by atoms with Crippen molar-refractivity contribution in [2.24, 2.45) is 0 Å². The summed E-state index contributed by atoms with van der Waals surface area (Å²) in [5.74, 6) is 0.943. The van der Waals surface area contributed by atoms with Gasteiger partial charge in [-0.15, -0.1) is 0 Å². The third kappa shape index (κ3) is 4.35. The van der Waals surface area contributed by atoms with E-state index in [1.165, 1.54) is 37.7 Å². The van der Waals surface area contributed by atoms with Gasteiger partial charge in [-0.2, -0.15) is 0 Å². The Hall–Kier alpha value is -1.35. The van der Waals surface area contributed by atoms with E-state index >= 15 is 0 Å². The predicted octanol–water partition coefficient (Wildman–Crippen LogP) is 3.68. The maximum absolute atomic E-state index is 11.4. The van der Waals surface area contributed by atoms with E-state index in [1.807, 2.05) is 19.1 Å². The second-order valence-electron chi connectivity index (χ2n) is 5.02. The van der Waals surface area contributed by atoms with Gasteiger partial charge < -0.3 is 9.47 Å². The minimum absolute atomic E-state index is 0.0148. The van der Waals surface area contributed by atoms with Gasteiger partial charge in [-0.1, -0.05) is 31.4 Å². The number of esters is 1. The number of ether oxygens (including phenoxy) is 2. The van der Waals surface area contributed by atoms with E-state index < -0.39 is 0 Å². The van der Waals surface area contributed by atoms with E-state index in [9.17, 15) is 4.79 Å². The van der Waals surface area contributed by atoms with Crippen LogP contribution >= 0.6 is 0 Å². The normalized spacial score (nSPS) is 16.3.